The quantitative estimate of drug-likeness (QED) is 0.223. The summed E-state index contributed by atoms with van der Waals surface area (Å²) in [4.78, 5) is 33.3. The zero-order valence-electron chi connectivity index (χ0n) is 19.7. The highest BCUT2D eigenvalue weighted by atomic mass is 32.2. The molecule has 0 radical (unpaired) electrons. The number of aromatic carboxylic acids is 1. The maximum Gasteiger partial charge on any atom is 0.335 e. The van der Waals surface area contributed by atoms with Crippen molar-refractivity contribution in [1.29, 1.82) is 0 Å². The fraction of sp³-hybridized carbons (Fsp3) is 0.143. The first-order valence-electron chi connectivity index (χ1n) is 11.4. The highest BCUT2D eigenvalue weighted by Gasteiger charge is 2.25. The molecular formula is C28H23N3O4S. The van der Waals surface area contributed by atoms with Crippen LogP contribution in [-0.4, -0.2) is 32.7 Å². The van der Waals surface area contributed by atoms with Crippen LogP contribution in [0.4, 0.5) is 5.69 Å². The van der Waals surface area contributed by atoms with E-state index in [9.17, 15) is 9.59 Å². The molecule has 0 unspecified atom stereocenters. The zero-order valence-corrected chi connectivity index (χ0v) is 20.6. The molecule has 0 atom stereocenters. The molecule has 36 heavy (non-hydrogen) atoms. The van der Waals surface area contributed by atoms with Crippen LogP contribution in [0.1, 0.15) is 32.6 Å². The molecule has 5 rings (SSSR count). The second-order valence-corrected chi connectivity index (χ2v) is 9.58. The zero-order chi connectivity index (χ0) is 25.2. The number of amides is 1. The summed E-state index contributed by atoms with van der Waals surface area (Å²) in [5, 5.41) is 12.5. The van der Waals surface area contributed by atoms with Crippen molar-refractivity contribution in [2.45, 2.75) is 25.3 Å². The molecule has 8 heteroatoms. The monoisotopic (exact) mass is 497 g/mol. The van der Waals surface area contributed by atoms with Gasteiger partial charge in [-0.3, -0.25) is 4.79 Å². The Morgan fingerprint density at radius 3 is 2.42 bits per heavy atom. The summed E-state index contributed by atoms with van der Waals surface area (Å²) in [6, 6.07) is 20.1. The van der Waals surface area contributed by atoms with Gasteiger partial charge >= 0.3 is 5.97 Å². The van der Waals surface area contributed by atoms with Crippen molar-refractivity contribution >= 4 is 29.3 Å². The number of rotatable bonds is 6. The summed E-state index contributed by atoms with van der Waals surface area (Å²) in [6.07, 6.45) is 0.612. The third kappa shape index (κ3) is 5.08. The van der Waals surface area contributed by atoms with E-state index in [0.29, 0.717) is 28.8 Å². The molecule has 1 aromatic heterocycles. The number of carbonyl (C=O) groups is 2. The Balaban J connectivity index is 1.41. The number of anilines is 1. The van der Waals surface area contributed by atoms with Crippen LogP contribution in [0.15, 0.2) is 71.8 Å². The molecule has 7 nitrogen and oxygen atoms in total. The van der Waals surface area contributed by atoms with Crippen molar-refractivity contribution in [2.75, 3.05) is 11.1 Å². The minimum Gasteiger partial charge on any atom is -0.478 e. The first-order valence-corrected chi connectivity index (χ1v) is 12.4. The van der Waals surface area contributed by atoms with E-state index in [2.05, 4.69) is 11.4 Å². The average molecular weight is 498 g/mol. The van der Waals surface area contributed by atoms with E-state index in [1.165, 1.54) is 23.9 Å². The second kappa shape index (κ2) is 9.83. The Kier molecular flexibility index (Phi) is 6.43. The van der Waals surface area contributed by atoms with Crippen LogP contribution in [0.2, 0.25) is 0 Å². The normalized spacial score (nSPS) is 11.7. The van der Waals surface area contributed by atoms with Gasteiger partial charge in [0, 0.05) is 17.7 Å². The first-order chi connectivity index (χ1) is 17.4. The molecule has 2 heterocycles. The highest BCUT2D eigenvalue weighted by molar-refractivity contribution is 8.00. The van der Waals surface area contributed by atoms with E-state index in [4.69, 9.17) is 19.8 Å². The van der Waals surface area contributed by atoms with E-state index in [1.807, 2.05) is 50.2 Å². The summed E-state index contributed by atoms with van der Waals surface area (Å²) in [6.45, 7) is 4.06. The number of carboxylic acids is 1. The van der Waals surface area contributed by atoms with Gasteiger partial charge in [0.25, 0.3) is 0 Å². The molecule has 1 aliphatic heterocycles. The number of nitrogens with one attached hydrogen (secondary N) is 1. The molecular weight excluding hydrogens is 474 g/mol. The van der Waals surface area contributed by atoms with Gasteiger partial charge in [0.15, 0.2) is 5.82 Å². The molecule has 0 saturated heterocycles. The van der Waals surface area contributed by atoms with Crippen LogP contribution >= 0.6 is 11.8 Å². The Bertz CT molecular complexity index is 1470. The number of benzene rings is 3. The standard InChI is InChI=1S/C28H23N3O4S/c1-16-3-6-18(7-4-16)25-30-26-22(14-20-13-17(2)5-12-23(20)35-26)27(31-25)36-15-24(32)29-21-10-8-19(9-11-21)28(33)34/h3-13H,14-15H2,1-2H3,(H,29,32)(H,33,34). The van der Waals surface area contributed by atoms with Crippen LogP contribution < -0.4 is 10.1 Å². The molecule has 0 spiro atoms. The fourth-order valence-corrected chi connectivity index (χ4v) is 4.72. The topological polar surface area (TPSA) is 101 Å². The van der Waals surface area contributed by atoms with E-state index < -0.39 is 5.97 Å². The molecule has 4 aromatic rings. The van der Waals surface area contributed by atoms with Crippen molar-refractivity contribution in [3.8, 4) is 23.0 Å². The number of aromatic nitrogens is 2. The molecule has 0 saturated carbocycles. The maximum absolute atomic E-state index is 12.7. The Hall–Kier alpha value is -4.17. The van der Waals surface area contributed by atoms with E-state index in [-0.39, 0.29) is 17.2 Å². The molecule has 0 aliphatic carbocycles. The van der Waals surface area contributed by atoms with Crippen molar-refractivity contribution in [3.05, 3.63) is 94.5 Å². The Labute approximate surface area is 212 Å². The molecule has 180 valence electrons. The van der Waals surface area contributed by atoms with Crippen molar-refractivity contribution in [1.82, 2.24) is 9.97 Å². The van der Waals surface area contributed by atoms with Gasteiger partial charge in [-0.25, -0.2) is 9.78 Å². The van der Waals surface area contributed by atoms with E-state index in [1.54, 1.807) is 12.1 Å². The Morgan fingerprint density at radius 2 is 1.69 bits per heavy atom. The van der Waals surface area contributed by atoms with Crippen LogP contribution in [0.3, 0.4) is 0 Å². The van der Waals surface area contributed by atoms with E-state index in [0.717, 1.165) is 33.6 Å². The minimum absolute atomic E-state index is 0.123. The number of hydrogen-bond donors (Lipinski definition) is 2. The molecule has 1 amide bonds. The lowest BCUT2D eigenvalue weighted by molar-refractivity contribution is -0.113. The summed E-state index contributed by atoms with van der Waals surface area (Å²) < 4.78 is 6.18. The van der Waals surface area contributed by atoms with Crippen molar-refractivity contribution in [2.24, 2.45) is 0 Å². The van der Waals surface area contributed by atoms with Crippen LogP contribution in [0.25, 0.3) is 11.4 Å². The number of carbonyl (C=O) groups excluding carboxylic acids is 1. The lowest BCUT2D eigenvalue weighted by atomic mass is 10.0. The minimum atomic E-state index is -1.01. The van der Waals surface area contributed by atoms with Crippen LogP contribution in [-0.2, 0) is 11.2 Å². The van der Waals surface area contributed by atoms with Gasteiger partial charge in [0.1, 0.15) is 10.8 Å². The van der Waals surface area contributed by atoms with Crippen LogP contribution in [0.5, 0.6) is 11.6 Å². The van der Waals surface area contributed by atoms with Gasteiger partial charge in [-0.05, 0) is 49.7 Å². The molecule has 0 fully saturated rings. The summed E-state index contributed by atoms with van der Waals surface area (Å²) in [5.41, 5.74) is 5.75. The number of hydrogen-bond acceptors (Lipinski definition) is 6. The number of carboxylic acid groups (broad SMARTS) is 1. The predicted octanol–water partition coefficient (Wildman–Crippen LogP) is 5.89. The number of thioether (sulfide) groups is 1. The number of nitrogens with zero attached hydrogens (tertiary/aromatic N) is 2. The van der Waals surface area contributed by atoms with Crippen molar-refractivity contribution in [3.63, 3.8) is 0 Å². The largest absolute Gasteiger partial charge is 0.478 e. The molecule has 1 aliphatic rings. The van der Waals surface area contributed by atoms with Gasteiger partial charge in [-0.15, -0.1) is 0 Å². The first kappa shape index (κ1) is 23.6. The van der Waals surface area contributed by atoms with Gasteiger partial charge in [-0.2, -0.15) is 4.98 Å². The third-order valence-electron chi connectivity index (χ3n) is 5.79. The number of aryl methyl sites for hydroxylation is 2. The SMILES string of the molecule is Cc1ccc(-c2nc3c(c(SCC(=O)Nc4ccc(C(=O)O)cc4)n2)Cc2cc(C)ccc2O3)cc1. The third-order valence-corrected chi connectivity index (χ3v) is 6.80. The molecule has 0 bridgehead atoms. The summed E-state index contributed by atoms with van der Waals surface area (Å²) >= 11 is 1.32. The Morgan fingerprint density at radius 1 is 0.972 bits per heavy atom. The second-order valence-electron chi connectivity index (χ2n) is 8.61. The van der Waals surface area contributed by atoms with Gasteiger partial charge in [0.05, 0.1) is 16.9 Å². The summed E-state index contributed by atoms with van der Waals surface area (Å²) in [7, 11) is 0. The average Bonchev–Trinajstić information content (AvgIpc) is 2.87. The lowest BCUT2D eigenvalue weighted by Crippen LogP contribution is -2.15. The van der Waals surface area contributed by atoms with Gasteiger partial charge in [-0.1, -0.05) is 59.3 Å². The number of fused-ring (bicyclic) bond motifs is 2. The fourth-order valence-electron chi connectivity index (χ4n) is 3.90. The summed E-state index contributed by atoms with van der Waals surface area (Å²) in [5.74, 6) is 0.708. The maximum atomic E-state index is 12.7. The van der Waals surface area contributed by atoms with Gasteiger partial charge < -0.3 is 15.2 Å². The van der Waals surface area contributed by atoms with E-state index >= 15 is 0 Å². The van der Waals surface area contributed by atoms with Gasteiger partial charge in [0.2, 0.25) is 11.8 Å². The highest BCUT2D eigenvalue weighted by Crippen LogP contribution is 2.40. The number of ether oxygens (including phenoxy) is 1. The van der Waals surface area contributed by atoms with Crippen molar-refractivity contribution < 1.29 is 19.4 Å². The van der Waals surface area contributed by atoms with Crippen LogP contribution in [0, 0.1) is 13.8 Å². The smallest absolute Gasteiger partial charge is 0.335 e. The molecule has 3 aromatic carbocycles. The predicted molar refractivity (Wildman–Crippen MR) is 139 cm³/mol. The molecule has 2 N–H and O–H groups in total. The lowest BCUT2D eigenvalue weighted by Gasteiger charge is -2.22.